The van der Waals surface area contributed by atoms with Gasteiger partial charge in [-0.1, -0.05) is 48.0 Å². The highest BCUT2D eigenvalue weighted by Crippen LogP contribution is 2.29. The van der Waals surface area contributed by atoms with E-state index in [4.69, 9.17) is 16.3 Å². The number of nitrogens with one attached hydrogen (secondary N) is 1. The molecule has 3 nitrogen and oxygen atoms in total. The lowest BCUT2D eigenvalue weighted by molar-refractivity contribution is -0.113. The standard InChI is InChI=1S/C19H16ClNO2S/c1-23-17-10-9-14(11-16(17)20)21-19(22)12-24-18-8-4-6-13-5-2-3-7-15(13)18/h2-11H,12H2,1H3,(H,21,22). The third-order valence-corrected chi connectivity index (χ3v) is 4.91. The summed E-state index contributed by atoms with van der Waals surface area (Å²) in [4.78, 5) is 13.3. The van der Waals surface area contributed by atoms with E-state index in [9.17, 15) is 4.79 Å². The van der Waals surface area contributed by atoms with Crippen molar-refractivity contribution in [1.29, 1.82) is 0 Å². The van der Waals surface area contributed by atoms with Gasteiger partial charge in [-0.05, 0) is 35.0 Å². The molecule has 122 valence electrons. The van der Waals surface area contributed by atoms with Gasteiger partial charge in [0, 0.05) is 10.6 Å². The molecule has 5 heteroatoms. The molecule has 0 aliphatic heterocycles. The summed E-state index contributed by atoms with van der Waals surface area (Å²) in [5.41, 5.74) is 0.657. The monoisotopic (exact) mass is 357 g/mol. The van der Waals surface area contributed by atoms with Crippen molar-refractivity contribution >= 4 is 45.7 Å². The van der Waals surface area contributed by atoms with Crippen LogP contribution in [-0.2, 0) is 4.79 Å². The van der Waals surface area contributed by atoms with Crippen molar-refractivity contribution in [2.24, 2.45) is 0 Å². The average Bonchev–Trinajstić information content (AvgIpc) is 2.60. The van der Waals surface area contributed by atoms with Gasteiger partial charge in [0.15, 0.2) is 0 Å². The van der Waals surface area contributed by atoms with Crippen molar-refractivity contribution in [3.8, 4) is 5.75 Å². The lowest BCUT2D eigenvalue weighted by Crippen LogP contribution is -2.14. The predicted octanol–water partition coefficient (Wildman–Crippen LogP) is 5.23. The molecule has 0 atom stereocenters. The maximum absolute atomic E-state index is 12.2. The molecule has 0 saturated carbocycles. The van der Waals surface area contributed by atoms with E-state index in [2.05, 4.69) is 23.5 Å². The van der Waals surface area contributed by atoms with Gasteiger partial charge >= 0.3 is 0 Å². The molecule has 3 aromatic rings. The zero-order valence-corrected chi connectivity index (χ0v) is 14.7. The Hall–Kier alpha value is -2.17. The van der Waals surface area contributed by atoms with Crippen LogP contribution in [0.15, 0.2) is 65.6 Å². The zero-order valence-electron chi connectivity index (χ0n) is 13.1. The summed E-state index contributed by atoms with van der Waals surface area (Å²) in [6, 6.07) is 19.4. The van der Waals surface area contributed by atoms with Gasteiger partial charge in [-0.25, -0.2) is 0 Å². The fourth-order valence-corrected chi connectivity index (χ4v) is 3.54. The van der Waals surface area contributed by atoms with Crippen LogP contribution >= 0.6 is 23.4 Å². The van der Waals surface area contributed by atoms with Crippen LogP contribution in [0.25, 0.3) is 10.8 Å². The van der Waals surface area contributed by atoms with E-state index in [-0.39, 0.29) is 5.91 Å². The van der Waals surface area contributed by atoms with E-state index in [0.29, 0.717) is 22.2 Å². The highest BCUT2D eigenvalue weighted by atomic mass is 35.5. The number of amides is 1. The molecule has 0 aliphatic carbocycles. The van der Waals surface area contributed by atoms with Gasteiger partial charge in [0.25, 0.3) is 0 Å². The van der Waals surface area contributed by atoms with Crippen LogP contribution < -0.4 is 10.1 Å². The van der Waals surface area contributed by atoms with E-state index >= 15 is 0 Å². The van der Waals surface area contributed by atoms with Crippen molar-refractivity contribution < 1.29 is 9.53 Å². The molecular formula is C19H16ClNO2S. The highest BCUT2D eigenvalue weighted by Gasteiger charge is 2.08. The molecule has 0 bridgehead atoms. The second-order valence-electron chi connectivity index (χ2n) is 5.16. The maximum Gasteiger partial charge on any atom is 0.234 e. The molecule has 0 saturated heterocycles. The molecule has 0 fully saturated rings. The number of ether oxygens (including phenoxy) is 1. The maximum atomic E-state index is 12.2. The largest absolute Gasteiger partial charge is 0.495 e. The number of benzene rings is 3. The quantitative estimate of drug-likeness (QED) is 0.635. The number of carbonyl (C=O) groups is 1. The Morgan fingerprint density at radius 1 is 1.12 bits per heavy atom. The van der Waals surface area contributed by atoms with Gasteiger partial charge in [0.2, 0.25) is 5.91 Å². The van der Waals surface area contributed by atoms with E-state index in [0.717, 1.165) is 10.3 Å². The van der Waals surface area contributed by atoms with E-state index in [1.807, 2.05) is 24.3 Å². The van der Waals surface area contributed by atoms with Crippen LogP contribution in [0.3, 0.4) is 0 Å². The summed E-state index contributed by atoms with van der Waals surface area (Å²) < 4.78 is 5.10. The minimum Gasteiger partial charge on any atom is -0.495 e. The van der Waals surface area contributed by atoms with Crippen LogP contribution in [0.5, 0.6) is 5.75 Å². The summed E-state index contributed by atoms with van der Waals surface area (Å²) in [7, 11) is 1.56. The SMILES string of the molecule is COc1ccc(NC(=O)CSc2cccc3ccccc23)cc1Cl. The summed E-state index contributed by atoms with van der Waals surface area (Å²) in [6.45, 7) is 0. The smallest absolute Gasteiger partial charge is 0.234 e. The number of rotatable bonds is 5. The number of carbonyl (C=O) groups excluding carboxylic acids is 1. The first-order chi connectivity index (χ1) is 11.7. The Labute approximate surface area is 150 Å². The number of anilines is 1. The van der Waals surface area contributed by atoms with Gasteiger partial charge in [-0.15, -0.1) is 11.8 Å². The third kappa shape index (κ3) is 3.83. The molecular weight excluding hydrogens is 342 g/mol. The van der Waals surface area contributed by atoms with Crippen LogP contribution in [0.2, 0.25) is 5.02 Å². The fourth-order valence-electron chi connectivity index (χ4n) is 2.41. The first-order valence-corrected chi connectivity index (χ1v) is 8.77. The number of thioether (sulfide) groups is 1. The number of methoxy groups -OCH3 is 1. The molecule has 24 heavy (non-hydrogen) atoms. The second-order valence-corrected chi connectivity index (χ2v) is 6.59. The first kappa shape index (κ1) is 16.7. The van der Waals surface area contributed by atoms with Crippen molar-refractivity contribution in [2.45, 2.75) is 4.90 Å². The van der Waals surface area contributed by atoms with Crippen molar-refractivity contribution in [1.82, 2.24) is 0 Å². The zero-order chi connectivity index (χ0) is 16.9. The van der Waals surface area contributed by atoms with Gasteiger partial charge in [-0.3, -0.25) is 4.79 Å². The lowest BCUT2D eigenvalue weighted by Gasteiger charge is -2.09. The number of fused-ring (bicyclic) bond motifs is 1. The summed E-state index contributed by atoms with van der Waals surface area (Å²) in [5, 5.41) is 5.65. The number of hydrogen-bond donors (Lipinski definition) is 1. The molecule has 3 rings (SSSR count). The topological polar surface area (TPSA) is 38.3 Å². The Bertz CT molecular complexity index is 877. The minimum atomic E-state index is -0.0748. The van der Waals surface area contributed by atoms with Crippen molar-refractivity contribution in [3.05, 3.63) is 65.7 Å². The van der Waals surface area contributed by atoms with E-state index < -0.39 is 0 Å². The van der Waals surface area contributed by atoms with Gasteiger partial charge in [0.1, 0.15) is 5.75 Å². The molecule has 0 aromatic heterocycles. The third-order valence-electron chi connectivity index (χ3n) is 3.54. The molecule has 0 heterocycles. The highest BCUT2D eigenvalue weighted by molar-refractivity contribution is 8.00. The molecule has 0 unspecified atom stereocenters. The summed E-state index contributed by atoms with van der Waals surface area (Å²) in [6.07, 6.45) is 0. The Balaban J connectivity index is 1.66. The van der Waals surface area contributed by atoms with Crippen LogP contribution in [-0.4, -0.2) is 18.8 Å². The van der Waals surface area contributed by atoms with Crippen molar-refractivity contribution in [2.75, 3.05) is 18.2 Å². The van der Waals surface area contributed by atoms with E-state index in [1.54, 1.807) is 25.3 Å². The van der Waals surface area contributed by atoms with Crippen molar-refractivity contribution in [3.63, 3.8) is 0 Å². The molecule has 3 aromatic carbocycles. The summed E-state index contributed by atoms with van der Waals surface area (Å²) >= 11 is 7.59. The lowest BCUT2D eigenvalue weighted by atomic mass is 10.1. The van der Waals surface area contributed by atoms with Crippen LogP contribution in [0, 0.1) is 0 Å². The minimum absolute atomic E-state index is 0.0748. The van der Waals surface area contributed by atoms with E-state index in [1.165, 1.54) is 17.1 Å². The van der Waals surface area contributed by atoms with Gasteiger partial charge < -0.3 is 10.1 Å². The Morgan fingerprint density at radius 3 is 2.71 bits per heavy atom. The molecule has 1 amide bonds. The van der Waals surface area contributed by atoms with Gasteiger partial charge in [0.05, 0.1) is 17.9 Å². The van der Waals surface area contributed by atoms with Crippen LogP contribution in [0.1, 0.15) is 0 Å². The second kappa shape index (κ2) is 7.60. The molecule has 0 aliphatic rings. The Kier molecular flexibility index (Phi) is 5.28. The molecule has 1 N–H and O–H groups in total. The van der Waals surface area contributed by atoms with Crippen LogP contribution in [0.4, 0.5) is 5.69 Å². The Morgan fingerprint density at radius 2 is 1.92 bits per heavy atom. The summed E-state index contributed by atoms with van der Waals surface area (Å²) in [5.74, 6) is 0.839. The molecule has 0 spiro atoms. The fraction of sp³-hybridized carbons (Fsp3) is 0.105. The number of hydrogen-bond acceptors (Lipinski definition) is 3. The average molecular weight is 358 g/mol. The predicted molar refractivity (Wildman–Crippen MR) is 101 cm³/mol. The normalized spacial score (nSPS) is 10.6. The first-order valence-electron chi connectivity index (χ1n) is 7.41. The van der Waals surface area contributed by atoms with Gasteiger partial charge in [-0.2, -0.15) is 0 Å². The molecule has 0 radical (unpaired) electrons. The number of halogens is 1.